The third kappa shape index (κ3) is 9.20. The molecule has 190 valence electrons. The van der Waals surface area contributed by atoms with Crippen molar-refractivity contribution in [2.45, 2.75) is 63.6 Å². The smallest absolute Gasteiger partial charge is 0.187 e. The molecule has 1 saturated heterocycles. The first kappa shape index (κ1) is 28.1. The van der Waals surface area contributed by atoms with Crippen molar-refractivity contribution in [3.63, 3.8) is 0 Å². The van der Waals surface area contributed by atoms with E-state index in [0.717, 1.165) is 5.56 Å². The van der Waals surface area contributed by atoms with E-state index in [2.05, 4.69) is 0 Å². The largest absolute Gasteiger partial charge is 0.376 e. The maximum atomic E-state index is 6.22. The summed E-state index contributed by atoms with van der Waals surface area (Å²) < 4.78 is 51.9. The molecule has 5 atom stereocenters. The molecule has 33 heavy (non-hydrogen) atoms. The third-order valence-corrected chi connectivity index (χ3v) is 5.30. The molecule has 0 aliphatic carbocycles. The Hall–Kier alpha value is -1.14. The molecule has 9 heteroatoms. The van der Waals surface area contributed by atoms with Gasteiger partial charge in [-0.1, -0.05) is 30.3 Å². The summed E-state index contributed by atoms with van der Waals surface area (Å²) in [6.07, 6.45) is -3.00. The summed E-state index contributed by atoms with van der Waals surface area (Å²) in [5.74, 6) is 0. The van der Waals surface area contributed by atoms with Gasteiger partial charge in [0, 0.05) is 28.4 Å². The second-order valence-electron chi connectivity index (χ2n) is 7.93. The van der Waals surface area contributed by atoms with Crippen LogP contribution in [0.5, 0.6) is 0 Å². The van der Waals surface area contributed by atoms with Gasteiger partial charge >= 0.3 is 0 Å². The second kappa shape index (κ2) is 15.7. The van der Waals surface area contributed by atoms with Crippen molar-refractivity contribution in [1.29, 1.82) is 0 Å². The lowest BCUT2D eigenvalue weighted by Gasteiger charge is -2.45. The first-order valence-corrected chi connectivity index (χ1v) is 11.3. The van der Waals surface area contributed by atoms with Gasteiger partial charge in [0.1, 0.15) is 31.0 Å². The molecule has 1 aliphatic rings. The van der Waals surface area contributed by atoms with Gasteiger partial charge in [0.2, 0.25) is 0 Å². The van der Waals surface area contributed by atoms with Crippen LogP contribution in [0.3, 0.4) is 0 Å². The minimum atomic E-state index is -0.732. The maximum Gasteiger partial charge on any atom is 0.187 e. The van der Waals surface area contributed by atoms with Crippen LogP contribution in [0.15, 0.2) is 30.3 Å². The van der Waals surface area contributed by atoms with Crippen LogP contribution in [0.2, 0.25) is 0 Å². The Bertz CT molecular complexity index is 611. The monoisotopic (exact) mass is 472 g/mol. The second-order valence-corrected chi connectivity index (χ2v) is 7.93. The SMILES string of the molecule is COC(CO[C@H]1O[C@H](COC(C)C)[C@@H](OC)[C@H](OC)[C@@H]1OCCOCc1ccccc1)OC. The Morgan fingerprint density at radius 2 is 1.55 bits per heavy atom. The summed E-state index contributed by atoms with van der Waals surface area (Å²) in [7, 11) is 6.34. The first-order valence-electron chi connectivity index (χ1n) is 11.3. The number of rotatable bonds is 16. The fraction of sp³-hybridized carbons (Fsp3) is 0.750. The zero-order chi connectivity index (χ0) is 24.1. The van der Waals surface area contributed by atoms with E-state index in [9.17, 15) is 0 Å². The molecule has 0 N–H and O–H groups in total. The molecule has 0 amide bonds. The molecule has 1 fully saturated rings. The van der Waals surface area contributed by atoms with Gasteiger partial charge in [-0.25, -0.2) is 0 Å². The van der Waals surface area contributed by atoms with Crippen LogP contribution in [0.25, 0.3) is 0 Å². The van der Waals surface area contributed by atoms with Crippen molar-refractivity contribution in [3.05, 3.63) is 35.9 Å². The standard InChI is InChI=1S/C24H40O9/c1-17(2)31-15-19-21(27-5)22(28-6)23(24(33-19)32-16-20(25-3)26-4)30-13-12-29-14-18-10-8-7-9-11-18/h7-11,17,19-24H,12-16H2,1-6H3/t19-,21-,22+,23+,24+/m1/s1. The highest BCUT2D eigenvalue weighted by molar-refractivity contribution is 5.13. The highest BCUT2D eigenvalue weighted by Gasteiger charge is 2.48. The molecule has 0 saturated carbocycles. The summed E-state index contributed by atoms with van der Waals surface area (Å²) in [6, 6.07) is 9.98. The van der Waals surface area contributed by atoms with E-state index in [-0.39, 0.29) is 12.7 Å². The zero-order valence-corrected chi connectivity index (χ0v) is 20.6. The van der Waals surface area contributed by atoms with Crippen LogP contribution >= 0.6 is 0 Å². The van der Waals surface area contributed by atoms with Crippen molar-refractivity contribution in [3.8, 4) is 0 Å². The average molecular weight is 473 g/mol. The van der Waals surface area contributed by atoms with E-state index >= 15 is 0 Å². The van der Waals surface area contributed by atoms with Crippen molar-refractivity contribution >= 4 is 0 Å². The summed E-state index contributed by atoms with van der Waals surface area (Å²) in [6.45, 7) is 5.68. The number of benzene rings is 1. The Kier molecular flexibility index (Phi) is 13.4. The fourth-order valence-corrected chi connectivity index (χ4v) is 3.58. The summed E-state index contributed by atoms with van der Waals surface area (Å²) in [5, 5.41) is 0. The predicted octanol–water partition coefficient (Wildman–Crippen LogP) is 2.40. The van der Waals surface area contributed by atoms with Gasteiger partial charge in [-0.05, 0) is 19.4 Å². The number of hydrogen-bond donors (Lipinski definition) is 0. The Morgan fingerprint density at radius 3 is 2.15 bits per heavy atom. The molecule has 2 rings (SSSR count). The minimum Gasteiger partial charge on any atom is -0.376 e. The topological polar surface area (TPSA) is 83.1 Å². The van der Waals surface area contributed by atoms with E-state index in [0.29, 0.717) is 26.4 Å². The molecule has 0 spiro atoms. The van der Waals surface area contributed by atoms with Gasteiger partial charge in [0.05, 0.1) is 32.5 Å². The van der Waals surface area contributed by atoms with Gasteiger partial charge < -0.3 is 42.6 Å². The summed E-state index contributed by atoms with van der Waals surface area (Å²) in [4.78, 5) is 0. The predicted molar refractivity (Wildman–Crippen MR) is 121 cm³/mol. The van der Waals surface area contributed by atoms with Crippen LogP contribution in [0.4, 0.5) is 0 Å². The van der Waals surface area contributed by atoms with Gasteiger partial charge in [-0.2, -0.15) is 0 Å². The minimum absolute atomic E-state index is 0.0496. The molecule has 1 aliphatic heterocycles. The lowest BCUT2D eigenvalue weighted by Crippen LogP contribution is -2.62. The van der Waals surface area contributed by atoms with Crippen molar-refractivity contribution in [1.82, 2.24) is 0 Å². The van der Waals surface area contributed by atoms with E-state index in [1.54, 1.807) is 28.4 Å². The molecule has 9 nitrogen and oxygen atoms in total. The summed E-state index contributed by atoms with van der Waals surface area (Å²) >= 11 is 0. The first-order chi connectivity index (χ1) is 16.0. The Morgan fingerprint density at radius 1 is 0.848 bits per heavy atom. The average Bonchev–Trinajstić information content (AvgIpc) is 2.83. The van der Waals surface area contributed by atoms with Crippen molar-refractivity contribution in [2.75, 3.05) is 54.9 Å². The highest BCUT2D eigenvalue weighted by Crippen LogP contribution is 2.29. The van der Waals surface area contributed by atoms with E-state index in [4.69, 9.17) is 42.6 Å². The Labute approximate surface area is 197 Å². The molecule has 0 radical (unpaired) electrons. The molecule has 0 bridgehead atoms. The van der Waals surface area contributed by atoms with Crippen LogP contribution in [-0.2, 0) is 49.2 Å². The van der Waals surface area contributed by atoms with E-state index < -0.39 is 37.0 Å². The maximum absolute atomic E-state index is 6.22. The van der Waals surface area contributed by atoms with Gasteiger partial charge in [0.25, 0.3) is 0 Å². The number of ether oxygens (including phenoxy) is 9. The van der Waals surface area contributed by atoms with Gasteiger partial charge in [0.15, 0.2) is 12.6 Å². The molecule has 1 aromatic rings. The Balaban J connectivity index is 2.01. The lowest BCUT2D eigenvalue weighted by molar-refractivity contribution is -0.328. The fourth-order valence-electron chi connectivity index (χ4n) is 3.58. The van der Waals surface area contributed by atoms with Crippen LogP contribution < -0.4 is 0 Å². The van der Waals surface area contributed by atoms with Gasteiger partial charge in [-0.15, -0.1) is 0 Å². The normalized spacial score (nSPS) is 25.8. The molecule has 0 aromatic heterocycles. The lowest BCUT2D eigenvalue weighted by atomic mass is 9.98. The van der Waals surface area contributed by atoms with Crippen LogP contribution in [-0.4, -0.2) is 98.0 Å². The highest BCUT2D eigenvalue weighted by atomic mass is 16.7. The third-order valence-electron chi connectivity index (χ3n) is 5.30. The number of methoxy groups -OCH3 is 4. The van der Waals surface area contributed by atoms with E-state index in [1.807, 2.05) is 44.2 Å². The van der Waals surface area contributed by atoms with Crippen molar-refractivity contribution < 1.29 is 42.6 Å². The van der Waals surface area contributed by atoms with E-state index in [1.165, 1.54) is 0 Å². The van der Waals surface area contributed by atoms with Crippen molar-refractivity contribution in [2.24, 2.45) is 0 Å². The van der Waals surface area contributed by atoms with Gasteiger partial charge in [-0.3, -0.25) is 0 Å². The molecule has 1 heterocycles. The zero-order valence-electron chi connectivity index (χ0n) is 20.6. The van der Waals surface area contributed by atoms with Crippen LogP contribution in [0, 0.1) is 0 Å². The molecular formula is C24H40O9. The molecular weight excluding hydrogens is 432 g/mol. The number of hydrogen-bond acceptors (Lipinski definition) is 9. The summed E-state index contributed by atoms with van der Waals surface area (Å²) in [5.41, 5.74) is 1.10. The molecule has 0 unspecified atom stereocenters. The molecule has 1 aromatic carbocycles. The quantitative estimate of drug-likeness (QED) is 0.266. The van der Waals surface area contributed by atoms with Crippen LogP contribution in [0.1, 0.15) is 19.4 Å².